The fraction of sp³-hybridized carbons (Fsp3) is 0.300. The van der Waals surface area contributed by atoms with Gasteiger partial charge in [-0.05, 0) is 58.9 Å². The second-order valence-electron chi connectivity index (χ2n) is 9.43. The van der Waals surface area contributed by atoms with Gasteiger partial charge in [-0.1, -0.05) is 75.7 Å². The molecule has 8 nitrogen and oxygen atoms in total. The molecule has 2 aromatic carbocycles. The molecular formula is C30H33N7O. The molecule has 5 aromatic rings. The summed E-state index contributed by atoms with van der Waals surface area (Å²) in [6.07, 6.45) is 8.59. The maximum absolute atomic E-state index is 13.8. The topological polar surface area (TPSA) is 94.3 Å². The molecule has 0 aliphatic carbocycles. The minimum atomic E-state index is -0.0132. The van der Waals surface area contributed by atoms with Gasteiger partial charge in [0.05, 0.1) is 17.9 Å². The Morgan fingerprint density at radius 3 is 2.29 bits per heavy atom. The fourth-order valence-corrected chi connectivity index (χ4v) is 4.99. The summed E-state index contributed by atoms with van der Waals surface area (Å²) in [6.45, 7) is 6.88. The number of aromatic nitrogens is 7. The van der Waals surface area contributed by atoms with E-state index in [0.717, 1.165) is 65.9 Å². The summed E-state index contributed by atoms with van der Waals surface area (Å²) >= 11 is 0. The monoisotopic (exact) mass is 507 g/mol. The lowest BCUT2D eigenvalue weighted by molar-refractivity contribution is 0.664. The molecule has 0 aliphatic heterocycles. The number of unbranched alkanes of at least 4 members (excludes halogenated alkanes) is 1. The smallest absolute Gasteiger partial charge is 0.290 e. The maximum Gasteiger partial charge on any atom is 0.333 e. The van der Waals surface area contributed by atoms with Crippen molar-refractivity contribution in [2.75, 3.05) is 0 Å². The minimum Gasteiger partial charge on any atom is -0.290 e. The summed E-state index contributed by atoms with van der Waals surface area (Å²) in [4.78, 5) is 18.6. The summed E-state index contributed by atoms with van der Waals surface area (Å²) in [5.41, 5.74) is 8.12. The van der Waals surface area contributed by atoms with E-state index in [1.165, 1.54) is 11.1 Å². The van der Waals surface area contributed by atoms with E-state index in [0.29, 0.717) is 12.4 Å². The number of H-pyrrole nitrogens is 1. The third-order valence-electron chi connectivity index (χ3n) is 7.04. The zero-order valence-corrected chi connectivity index (χ0v) is 22.2. The van der Waals surface area contributed by atoms with E-state index >= 15 is 0 Å². The van der Waals surface area contributed by atoms with Crippen LogP contribution in [0.25, 0.3) is 28.2 Å². The average molecular weight is 508 g/mol. The van der Waals surface area contributed by atoms with E-state index in [-0.39, 0.29) is 5.69 Å². The number of pyridine rings is 1. The molecule has 5 rings (SSSR count). The van der Waals surface area contributed by atoms with Crippen molar-refractivity contribution in [3.63, 3.8) is 0 Å². The number of para-hydroxylation sites is 1. The van der Waals surface area contributed by atoms with Gasteiger partial charge in [-0.25, -0.2) is 9.89 Å². The highest BCUT2D eigenvalue weighted by atomic mass is 16.1. The van der Waals surface area contributed by atoms with Crippen LogP contribution in [0.15, 0.2) is 71.8 Å². The van der Waals surface area contributed by atoms with Gasteiger partial charge in [0.15, 0.2) is 5.82 Å². The molecule has 0 fully saturated rings. The van der Waals surface area contributed by atoms with Crippen molar-refractivity contribution in [2.24, 2.45) is 0 Å². The third-order valence-corrected chi connectivity index (χ3v) is 7.04. The minimum absolute atomic E-state index is 0.0132. The average Bonchev–Trinajstić information content (AvgIpc) is 3.61. The summed E-state index contributed by atoms with van der Waals surface area (Å²) < 4.78 is 3.75. The van der Waals surface area contributed by atoms with E-state index in [1.807, 2.05) is 57.9 Å². The first-order valence-corrected chi connectivity index (χ1v) is 13.3. The van der Waals surface area contributed by atoms with Gasteiger partial charge in [0.1, 0.15) is 0 Å². The van der Waals surface area contributed by atoms with Crippen molar-refractivity contribution >= 4 is 0 Å². The molecule has 38 heavy (non-hydrogen) atoms. The quantitative estimate of drug-likeness (QED) is 0.273. The number of nitrogens with one attached hydrogen (secondary N) is 1. The van der Waals surface area contributed by atoms with Crippen LogP contribution in [0.1, 0.15) is 56.1 Å². The van der Waals surface area contributed by atoms with Crippen LogP contribution in [0.4, 0.5) is 0 Å². The van der Waals surface area contributed by atoms with Crippen LogP contribution >= 0.6 is 0 Å². The number of aromatic amines is 1. The standard InChI is InChI=1S/C30H33N7O/c1-4-7-13-25-20-37(28-21(5-2)11-10-12-22(28)6-3)30(38)36(25)19-24-17-16-23(18-31-24)26-14-8-9-15-27(26)29-32-34-35-33-29/h8-12,14-18,20H,4-7,13,19H2,1-3H3,(H,32,33,34,35). The second-order valence-corrected chi connectivity index (χ2v) is 9.43. The molecular weight excluding hydrogens is 474 g/mol. The number of rotatable bonds is 10. The first-order valence-electron chi connectivity index (χ1n) is 13.3. The Morgan fingerprint density at radius 2 is 1.66 bits per heavy atom. The zero-order chi connectivity index (χ0) is 26.5. The predicted molar refractivity (Wildman–Crippen MR) is 149 cm³/mol. The molecule has 3 aromatic heterocycles. The third kappa shape index (κ3) is 4.94. The highest BCUT2D eigenvalue weighted by molar-refractivity contribution is 5.79. The van der Waals surface area contributed by atoms with Gasteiger partial charge in [-0.3, -0.25) is 14.1 Å². The van der Waals surface area contributed by atoms with E-state index in [1.54, 1.807) is 0 Å². The second kappa shape index (κ2) is 11.4. The maximum atomic E-state index is 13.8. The Balaban J connectivity index is 1.51. The molecule has 194 valence electrons. The van der Waals surface area contributed by atoms with Crippen LogP contribution in [0.2, 0.25) is 0 Å². The first-order chi connectivity index (χ1) is 18.6. The normalized spacial score (nSPS) is 11.2. The van der Waals surface area contributed by atoms with Crippen LogP contribution in [0, 0.1) is 0 Å². The van der Waals surface area contributed by atoms with Crippen molar-refractivity contribution < 1.29 is 0 Å². The lowest BCUT2D eigenvalue weighted by Gasteiger charge is -2.13. The number of tetrazole rings is 1. The Kier molecular flexibility index (Phi) is 7.58. The van der Waals surface area contributed by atoms with Crippen LogP contribution in [-0.4, -0.2) is 34.7 Å². The molecule has 3 heterocycles. The molecule has 8 heteroatoms. The predicted octanol–water partition coefficient (Wildman–Crippen LogP) is 5.40. The molecule has 0 spiro atoms. The molecule has 0 saturated carbocycles. The highest BCUT2D eigenvalue weighted by Crippen LogP contribution is 2.29. The van der Waals surface area contributed by atoms with Gasteiger partial charge >= 0.3 is 5.69 Å². The van der Waals surface area contributed by atoms with Crippen molar-refractivity contribution in [3.8, 4) is 28.2 Å². The number of hydrogen-bond donors (Lipinski definition) is 1. The molecule has 0 radical (unpaired) electrons. The molecule has 0 amide bonds. The molecule has 0 bridgehead atoms. The fourth-order valence-electron chi connectivity index (χ4n) is 4.99. The van der Waals surface area contributed by atoms with E-state index in [2.05, 4.69) is 59.6 Å². The Bertz CT molecular complexity index is 1540. The summed E-state index contributed by atoms with van der Waals surface area (Å²) in [5.74, 6) is 0.608. The van der Waals surface area contributed by atoms with Gasteiger partial charge in [0.2, 0.25) is 0 Å². The number of hydrogen-bond acceptors (Lipinski definition) is 5. The van der Waals surface area contributed by atoms with Crippen molar-refractivity contribution in [2.45, 2.75) is 59.4 Å². The number of nitrogens with zero attached hydrogens (tertiary/aromatic N) is 6. The lowest BCUT2D eigenvalue weighted by atomic mass is 10.0. The van der Waals surface area contributed by atoms with Crippen molar-refractivity contribution in [3.05, 3.63) is 100.0 Å². The largest absolute Gasteiger partial charge is 0.333 e. The number of imidazole rings is 1. The molecule has 0 atom stereocenters. The van der Waals surface area contributed by atoms with Crippen LogP contribution in [-0.2, 0) is 25.8 Å². The number of aryl methyl sites for hydroxylation is 3. The van der Waals surface area contributed by atoms with E-state index in [4.69, 9.17) is 4.98 Å². The zero-order valence-electron chi connectivity index (χ0n) is 22.2. The summed E-state index contributed by atoms with van der Waals surface area (Å²) in [5, 5.41) is 14.3. The molecule has 0 unspecified atom stereocenters. The van der Waals surface area contributed by atoms with Gasteiger partial charge in [0, 0.05) is 29.2 Å². The van der Waals surface area contributed by atoms with Gasteiger partial charge in [-0.2, -0.15) is 0 Å². The molecule has 0 saturated heterocycles. The van der Waals surface area contributed by atoms with Crippen LogP contribution < -0.4 is 5.69 Å². The lowest BCUT2D eigenvalue weighted by Crippen LogP contribution is -2.26. The van der Waals surface area contributed by atoms with E-state index < -0.39 is 0 Å². The Labute approximate surface area is 222 Å². The van der Waals surface area contributed by atoms with E-state index in [9.17, 15) is 4.79 Å². The summed E-state index contributed by atoms with van der Waals surface area (Å²) in [6, 6.07) is 18.3. The Hall–Kier alpha value is -4.33. The van der Waals surface area contributed by atoms with Crippen LogP contribution in [0.5, 0.6) is 0 Å². The first kappa shape index (κ1) is 25.3. The number of benzene rings is 2. The van der Waals surface area contributed by atoms with Gasteiger partial charge in [-0.15, -0.1) is 5.10 Å². The van der Waals surface area contributed by atoms with Crippen LogP contribution in [0.3, 0.4) is 0 Å². The van der Waals surface area contributed by atoms with Crippen molar-refractivity contribution in [1.29, 1.82) is 0 Å². The molecule has 1 N–H and O–H groups in total. The summed E-state index contributed by atoms with van der Waals surface area (Å²) in [7, 11) is 0. The Morgan fingerprint density at radius 1 is 0.895 bits per heavy atom. The van der Waals surface area contributed by atoms with Gasteiger partial charge in [0.25, 0.3) is 0 Å². The highest BCUT2D eigenvalue weighted by Gasteiger charge is 2.18. The molecule has 0 aliphatic rings. The van der Waals surface area contributed by atoms with Gasteiger partial charge < -0.3 is 0 Å². The SMILES string of the molecule is CCCCc1cn(-c2c(CC)cccc2CC)c(=O)n1Cc1ccc(-c2ccccc2-c2nnn[nH]2)cn1. The van der Waals surface area contributed by atoms with Crippen molar-refractivity contribution in [1.82, 2.24) is 34.7 Å².